The van der Waals surface area contributed by atoms with Crippen molar-refractivity contribution in [3.05, 3.63) is 58.3 Å². The molecule has 2 aromatic carbocycles. The van der Waals surface area contributed by atoms with Gasteiger partial charge in [0.1, 0.15) is 11.6 Å². The Labute approximate surface area is 135 Å². The summed E-state index contributed by atoms with van der Waals surface area (Å²) in [6.07, 6.45) is 1.34. The molecule has 22 heavy (non-hydrogen) atoms. The third-order valence-electron chi connectivity index (χ3n) is 2.68. The Morgan fingerprint density at radius 3 is 2.73 bits per heavy atom. The summed E-state index contributed by atoms with van der Waals surface area (Å²) in [7, 11) is 0. The van der Waals surface area contributed by atoms with Gasteiger partial charge in [-0.05, 0) is 42.5 Å². The number of halogens is 2. The number of nitrogens with zero attached hydrogens (tertiary/aromatic N) is 1. The van der Waals surface area contributed by atoms with Crippen LogP contribution >= 0.6 is 15.9 Å². The second-order valence-corrected chi connectivity index (χ2v) is 5.27. The smallest absolute Gasteiger partial charge is 0.259 e. The van der Waals surface area contributed by atoms with Gasteiger partial charge >= 0.3 is 0 Å². The third-order valence-corrected chi connectivity index (χ3v) is 3.17. The van der Waals surface area contributed by atoms with Crippen molar-refractivity contribution in [2.45, 2.75) is 0 Å². The largest absolute Gasteiger partial charge is 0.507 e. The first-order chi connectivity index (χ1) is 10.5. The van der Waals surface area contributed by atoms with E-state index in [9.17, 15) is 14.3 Å². The van der Waals surface area contributed by atoms with Gasteiger partial charge in [0, 0.05) is 15.7 Å². The first-order valence-electron chi connectivity index (χ1n) is 6.34. The Balaban J connectivity index is 1.83. The summed E-state index contributed by atoms with van der Waals surface area (Å²) in [4.78, 5) is 11.6. The van der Waals surface area contributed by atoms with Crippen LogP contribution in [0.1, 0.15) is 5.56 Å². The van der Waals surface area contributed by atoms with Crippen molar-refractivity contribution in [2.75, 3.05) is 11.9 Å². The number of rotatable bonds is 5. The fraction of sp³-hybridized carbons (Fsp3) is 0.0667. The van der Waals surface area contributed by atoms with Crippen LogP contribution in [0.25, 0.3) is 0 Å². The highest BCUT2D eigenvalue weighted by Gasteiger charge is 2.01. The van der Waals surface area contributed by atoms with Crippen LogP contribution < -0.4 is 10.7 Å². The average molecular weight is 366 g/mol. The van der Waals surface area contributed by atoms with Crippen LogP contribution in [0.2, 0.25) is 0 Å². The molecule has 0 bridgehead atoms. The first kappa shape index (κ1) is 16.0. The maximum absolute atomic E-state index is 12.7. The minimum Gasteiger partial charge on any atom is -0.507 e. The molecule has 0 atom stereocenters. The number of carbonyl (C=O) groups is 1. The molecule has 0 aliphatic rings. The number of anilines is 1. The minimum atomic E-state index is -0.366. The number of aromatic hydroxyl groups is 1. The molecule has 0 fully saturated rings. The van der Waals surface area contributed by atoms with Crippen LogP contribution in [0.4, 0.5) is 10.1 Å². The van der Waals surface area contributed by atoms with E-state index >= 15 is 0 Å². The molecule has 0 spiro atoms. The number of carbonyl (C=O) groups excluding carboxylic acids is 1. The third kappa shape index (κ3) is 4.85. The van der Waals surface area contributed by atoms with Crippen LogP contribution in [-0.2, 0) is 4.79 Å². The number of hydrazone groups is 1. The SMILES string of the molecule is O=C(CNc1ccc(F)cc1)NN=Cc1cc(Br)ccc1O. The molecule has 2 rings (SSSR count). The molecule has 2 aromatic rings. The van der Waals surface area contributed by atoms with Crippen molar-refractivity contribution >= 4 is 33.7 Å². The lowest BCUT2D eigenvalue weighted by Gasteiger charge is -2.05. The van der Waals surface area contributed by atoms with Crippen LogP contribution in [0.15, 0.2) is 52.0 Å². The zero-order valence-corrected chi connectivity index (χ0v) is 13.0. The number of phenolic OH excluding ortho intramolecular Hbond substituents is 1. The molecule has 0 aliphatic heterocycles. The van der Waals surface area contributed by atoms with Gasteiger partial charge in [0.25, 0.3) is 5.91 Å². The summed E-state index contributed by atoms with van der Waals surface area (Å²) in [5.74, 6) is -0.644. The summed E-state index contributed by atoms with van der Waals surface area (Å²) < 4.78 is 13.5. The number of nitrogens with one attached hydrogen (secondary N) is 2. The fourth-order valence-electron chi connectivity index (χ4n) is 1.59. The summed E-state index contributed by atoms with van der Waals surface area (Å²) in [5.41, 5.74) is 3.43. The number of amides is 1. The van der Waals surface area contributed by atoms with E-state index in [0.717, 1.165) is 4.47 Å². The Hall–Kier alpha value is -2.41. The lowest BCUT2D eigenvalue weighted by Crippen LogP contribution is -2.25. The number of hydrogen-bond donors (Lipinski definition) is 3. The lowest BCUT2D eigenvalue weighted by atomic mass is 10.2. The highest BCUT2D eigenvalue weighted by atomic mass is 79.9. The van der Waals surface area contributed by atoms with Crippen molar-refractivity contribution in [2.24, 2.45) is 5.10 Å². The van der Waals surface area contributed by atoms with Crippen LogP contribution in [0, 0.1) is 5.82 Å². The topological polar surface area (TPSA) is 73.7 Å². The van der Waals surface area contributed by atoms with Gasteiger partial charge in [-0.15, -0.1) is 0 Å². The lowest BCUT2D eigenvalue weighted by molar-refractivity contribution is -0.119. The molecular formula is C15H13BrFN3O2. The van der Waals surface area contributed by atoms with E-state index in [0.29, 0.717) is 11.3 Å². The molecule has 0 radical (unpaired) electrons. The normalized spacial score (nSPS) is 10.6. The van der Waals surface area contributed by atoms with Gasteiger partial charge in [-0.2, -0.15) is 5.10 Å². The number of benzene rings is 2. The highest BCUT2D eigenvalue weighted by molar-refractivity contribution is 9.10. The van der Waals surface area contributed by atoms with E-state index in [1.54, 1.807) is 12.1 Å². The Kier molecular flexibility index (Phi) is 5.48. The van der Waals surface area contributed by atoms with E-state index in [1.165, 1.54) is 36.5 Å². The van der Waals surface area contributed by atoms with Crippen molar-refractivity contribution in [1.82, 2.24) is 5.43 Å². The zero-order chi connectivity index (χ0) is 15.9. The summed E-state index contributed by atoms with van der Waals surface area (Å²) in [6.45, 7) is -0.00651. The van der Waals surface area contributed by atoms with Crippen LogP contribution in [-0.4, -0.2) is 23.8 Å². The van der Waals surface area contributed by atoms with E-state index < -0.39 is 0 Å². The molecule has 3 N–H and O–H groups in total. The van der Waals surface area contributed by atoms with Crippen LogP contribution in [0.3, 0.4) is 0 Å². The molecule has 0 heterocycles. The van der Waals surface area contributed by atoms with Gasteiger partial charge in [0.15, 0.2) is 0 Å². The van der Waals surface area contributed by atoms with Gasteiger partial charge in [-0.3, -0.25) is 4.79 Å². The predicted octanol–water partition coefficient (Wildman–Crippen LogP) is 2.86. The summed E-state index contributed by atoms with van der Waals surface area (Å²) in [6, 6.07) is 10.5. The molecule has 0 unspecified atom stereocenters. The second kappa shape index (κ2) is 7.56. The Morgan fingerprint density at radius 1 is 1.27 bits per heavy atom. The number of phenols is 1. The minimum absolute atomic E-state index is 0.00651. The van der Waals surface area contributed by atoms with Crippen molar-refractivity contribution in [1.29, 1.82) is 0 Å². The number of hydrogen-bond acceptors (Lipinski definition) is 4. The second-order valence-electron chi connectivity index (χ2n) is 4.36. The van der Waals surface area contributed by atoms with Gasteiger partial charge in [-0.25, -0.2) is 9.82 Å². The maximum Gasteiger partial charge on any atom is 0.259 e. The van der Waals surface area contributed by atoms with Crippen molar-refractivity contribution in [3.8, 4) is 5.75 Å². The van der Waals surface area contributed by atoms with E-state index in [-0.39, 0.29) is 24.0 Å². The molecule has 0 aliphatic carbocycles. The van der Waals surface area contributed by atoms with Crippen molar-refractivity contribution < 1.29 is 14.3 Å². The Bertz CT molecular complexity index is 690. The van der Waals surface area contributed by atoms with Gasteiger partial charge in [0.05, 0.1) is 12.8 Å². The highest BCUT2D eigenvalue weighted by Crippen LogP contribution is 2.19. The monoisotopic (exact) mass is 365 g/mol. The molecule has 0 saturated heterocycles. The summed E-state index contributed by atoms with van der Waals surface area (Å²) in [5, 5.41) is 16.2. The molecule has 7 heteroatoms. The quantitative estimate of drug-likeness (QED) is 0.563. The molecule has 0 saturated carbocycles. The van der Waals surface area contributed by atoms with Crippen LogP contribution in [0.5, 0.6) is 5.75 Å². The standard InChI is InChI=1S/C15H13BrFN3O2/c16-11-1-6-14(21)10(7-11)8-19-20-15(22)9-18-13-4-2-12(17)3-5-13/h1-8,18,21H,9H2,(H,20,22). The van der Waals surface area contributed by atoms with Gasteiger partial charge in [-0.1, -0.05) is 15.9 Å². The van der Waals surface area contributed by atoms with Crippen molar-refractivity contribution in [3.63, 3.8) is 0 Å². The molecular weight excluding hydrogens is 353 g/mol. The molecule has 0 aromatic heterocycles. The van der Waals surface area contributed by atoms with Gasteiger partial charge < -0.3 is 10.4 Å². The zero-order valence-electron chi connectivity index (χ0n) is 11.4. The first-order valence-corrected chi connectivity index (χ1v) is 7.14. The molecule has 114 valence electrons. The predicted molar refractivity (Wildman–Crippen MR) is 86.4 cm³/mol. The van der Waals surface area contributed by atoms with Gasteiger partial charge in [0.2, 0.25) is 0 Å². The summed E-state index contributed by atoms with van der Waals surface area (Å²) >= 11 is 3.28. The Morgan fingerprint density at radius 2 is 2.00 bits per heavy atom. The van der Waals surface area contributed by atoms with E-state index in [1.807, 2.05) is 0 Å². The maximum atomic E-state index is 12.7. The fourth-order valence-corrected chi connectivity index (χ4v) is 1.97. The molecule has 1 amide bonds. The van der Waals surface area contributed by atoms with E-state index in [2.05, 4.69) is 31.8 Å². The average Bonchev–Trinajstić information content (AvgIpc) is 2.50. The van der Waals surface area contributed by atoms with E-state index in [4.69, 9.17) is 0 Å². The molecule has 5 nitrogen and oxygen atoms in total.